The Morgan fingerprint density at radius 1 is 1.35 bits per heavy atom. The maximum atomic E-state index is 9.93. The summed E-state index contributed by atoms with van der Waals surface area (Å²) in [5, 5.41) is 13.3. The molecule has 1 aromatic carbocycles. The monoisotopic (exact) mass is 363 g/mol. The number of hydrogen-bond acceptors (Lipinski definition) is 5. The van der Waals surface area contributed by atoms with Gasteiger partial charge in [0, 0.05) is 26.2 Å². The van der Waals surface area contributed by atoms with Crippen molar-refractivity contribution in [3.8, 4) is 11.5 Å². The fraction of sp³-hybridized carbons (Fsp3) is 0.632. The summed E-state index contributed by atoms with van der Waals surface area (Å²) < 4.78 is 16.8. The number of guanidine groups is 1. The van der Waals surface area contributed by atoms with E-state index in [1.165, 1.54) is 0 Å². The summed E-state index contributed by atoms with van der Waals surface area (Å²) in [6.45, 7) is 6.45. The lowest BCUT2D eigenvalue weighted by molar-refractivity contribution is -0.0817. The van der Waals surface area contributed by atoms with Crippen molar-refractivity contribution in [2.24, 2.45) is 4.99 Å². The second kappa shape index (κ2) is 9.09. The van der Waals surface area contributed by atoms with E-state index >= 15 is 0 Å². The molecule has 26 heavy (non-hydrogen) atoms. The molecule has 1 aromatic rings. The number of phenols is 1. The molecule has 0 radical (unpaired) electrons. The number of nitrogens with zero attached hydrogens (tertiary/aromatic N) is 2. The molecule has 144 valence electrons. The smallest absolute Gasteiger partial charge is 0.194 e. The highest BCUT2D eigenvalue weighted by Crippen LogP contribution is 2.26. The minimum atomic E-state index is 0.0973. The van der Waals surface area contributed by atoms with Crippen molar-refractivity contribution >= 4 is 5.96 Å². The van der Waals surface area contributed by atoms with E-state index < -0.39 is 0 Å². The lowest BCUT2D eigenvalue weighted by Gasteiger charge is -2.37. The molecule has 0 aliphatic carbocycles. The zero-order valence-electron chi connectivity index (χ0n) is 15.6. The zero-order valence-corrected chi connectivity index (χ0v) is 15.6. The summed E-state index contributed by atoms with van der Waals surface area (Å²) in [4.78, 5) is 6.99. The third kappa shape index (κ3) is 4.59. The van der Waals surface area contributed by atoms with Gasteiger partial charge in [-0.1, -0.05) is 6.07 Å². The zero-order chi connectivity index (χ0) is 18.4. The van der Waals surface area contributed by atoms with Gasteiger partial charge in [0.1, 0.15) is 6.10 Å². The van der Waals surface area contributed by atoms with Crippen LogP contribution in [0.3, 0.4) is 0 Å². The molecule has 2 aliphatic rings. The standard InChI is InChI=1S/C19H29N3O4/c1-3-20-19(21-12-14-6-7-16(24-2)15(23)11-14)22-8-10-26-18(13-22)17-5-4-9-25-17/h6-7,11,17-18,23H,3-5,8-10,12-13H2,1-2H3,(H,20,21). The van der Waals surface area contributed by atoms with Crippen LogP contribution in [0.5, 0.6) is 11.5 Å². The quantitative estimate of drug-likeness (QED) is 0.613. The Morgan fingerprint density at radius 3 is 2.88 bits per heavy atom. The first-order chi connectivity index (χ1) is 12.7. The number of methoxy groups -OCH3 is 1. The molecule has 0 aromatic heterocycles. The Hall–Kier alpha value is -1.99. The number of ether oxygens (including phenoxy) is 3. The molecular weight excluding hydrogens is 334 g/mol. The number of morpholine rings is 1. The van der Waals surface area contributed by atoms with E-state index in [2.05, 4.69) is 17.1 Å². The molecule has 2 N–H and O–H groups in total. The predicted octanol–water partition coefficient (Wildman–Crippen LogP) is 1.75. The summed E-state index contributed by atoms with van der Waals surface area (Å²) in [7, 11) is 1.54. The maximum absolute atomic E-state index is 9.93. The molecule has 2 fully saturated rings. The Labute approximate surface area is 155 Å². The van der Waals surface area contributed by atoms with E-state index in [0.29, 0.717) is 18.9 Å². The van der Waals surface area contributed by atoms with Crippen molar-refractivity contribution in [3.05, 3.63) is 23.8 Å². The third-order valence-electron chi connectivity index (χ3n) is 4.76. The molecule has 2 saturated heterocycles. The van der Waals surface area contributed by atoms with E-state index in [0.717, 1.165) is 50.6 Å². The molecule has 2 atom stereocenters. The Balaban J connectivity index is 1.67. The molecule has 2 heterocycles. The highest BCUT2D eigenvalue weighted by atomic mass is 16.5. The van der Waals surface area contributed by atoms with Crippen LogP contribution < -0.4 is 10.1 Å². The van der Waals surface area contributed by atoms with Crippen LogP contribution in [0.15, 0.2) is 23.2 Å². The Kier molecular flexibility index (Phi) is 6.57. The van der Waals surface area contributed by atoms with Gasteiger partial charge in [-0.25, -0.2) is 4.99 Å². The van der Waals surface area contributed by atoms with Gasteiger partial charge in [-0.2, -0.15) is 0 Å². The molecule has 2 aliphatic heterocycles. The van der Waals surface area contributed by atoms with E-state index in [1.807, 2.05) is 6.07 Å². The normalized spacial score (nSPS) is 23.9. The van der Waals surface area contributed by atoms with Crippen molar-refractivity contribution in [3.63, 3.8) is 0 Å². The number of aromatic hydroxyl groups is 1. The van der Waals surface area contributed by atoms with Gasteiger partial charge >= 0.3 is 0 Å². The summed E-state index contributed by atoms with van der Waals surface area (Å²) in [5.41, 5.74) is 0.933. The molecule has 7 heteroatoms. The number of phenolic OH excluding ortho intramolecular Hbond substituents is 1. The van der Waals surface area contributed by atoms with Crippen LogP contribution in [0.1, 0.15) is 25.3 Å². The number of rotatable bonds is 5. The first kappa shape index (κ1) is 18.8. The van der Waals surface area contributed by atoms with Crippen molar-refractivity contribution in [2.75, 3.05) is 40.0 Å². The van der Waals surface area contributed by atoms with Gasteiger partial charge in [-0.05, 0) is 37.5 Å². The van der Waals surface area contributed by atoms with Crippen LogP contribution in [0.4, 0.5) is 0 Å². The summed E-state index contributed by atoms with van der Waals surface area (Å²) >= 11 is 0. The summed E-state index contributed by atoms with van der Waals surface area (Å²) in [6, 6.07) is 5.37. The van der Waals surface area contributed by atoms with E-state index in [-0.39, 0.29) is 18.0 Å². The van der Waals surface area contributed by atoms with Crippen LogP contribution in [0.25, 0.3) is 0 Å². The van der Waals surface area contributed by atoms with Gasteiger partial charge in [-0.3, -0.25) is 0 Å². The molecule has 0 amide bonds. The molecule has 3 rings (SSSR count). The van der Waals surface area contributed by atoms with Gasteiger partial charge in [-0.15, -0.1) is 0 Å². The molecule has 2 unspecified atom stereocenters. The topological polar surface area (TPSA) is 75.6 Å². The molecular formula is C19H29N3O4. The van der Waals surface area contributed by atoms with Crippen LogP contribution in [-0.4, -0.2) is 68.1 Å². The number of nitrogens with one attached hydrogen (secondary N) is 1. The van der Waals surface area contributed by atoms with Gasteiger partial charge < -0.3 is 29.5 Å². The van der Waals surface area contributed by atoms with Crippen LogP contribution in [0, 0.1) is 0 Å². The van der Waals surface area contributed by atoms with Crippen molar-refractivity contribution in [2.45, 2.75) is 38.5 Å². The minimum absolute atomic E-state index is 0.0973. The lowest BCUT2D eigenvalue weighted by atomic mass is 10.1. The highest BCUT2D eigenvalue weighted by molar-refractivity contribution is 5.80. The highest BCUT2D eigenvalue weighted by Gasteiger charge is 2.32. The second-order valence-electron chi connectivity index (χ2n) is 6.58. The van der Waals surface area contributed by atoms with Gasteiger partial charge in [0.15, 0.2) is 17.5 Å². The lowest BCUT2D eigenvalue weighted by Crippen LogP contribution is -2.53. The van der Waals surface area contributed by atoms with E-state index in [4.69, 9.17) is 19.2 Å². The molecule has 0 spiro atoms. The summed E-state index contributed by atoms with van der Waals surface area (Å²) in [6.07, 6.45) is 2.47. The average Bonchev–Trinajstić information content (AvgIpc) is 3.20. The fourth-order valence-electron chi connectivity index (χ4n) is 3.41. The van der Waals surface area contributed by atoms with Crippen molar-refractivity contribution < 1.29 is 19.3 Å². The SMILES string of the molecule is CCNC(=NCc1ccc(OC)c(O)c1)N1CCOC(C2CCCO2)C1. The second-order valence-corrected chi connectivity index (χ2v) is 6.58. The first-order valence-corrected chi connectivity index (χ1v) is 9.33. The van der Waals surface area contributed by atoms with Crippen LogP contribution in [-0.2, 0) is 16.0 Å². The number of benzene rings is 1. The maximum Gasteiger partial charge on any atom is 0.194 e. The van der Waals surface area contributed by atoms with Gasteiger partial charge in [0.2, 0.25) is 0 Å². The number of aliphatic imine (C=N–C) groups is 1. The largest absolute Gasteiger partial charge is 0.504 e. The third-order valence-corrected chi connectivity index (χ3v) is 4.76. The minimum Gasteiger partial charge on any atom is -0.504 e. The van der Waals surface area contributed by atoms with Crippen LogP contribution in [0.2, 0.25) is 0 Å². The Bertz CT molecular complexity index is 617. The predicted molar refractivity (Wildman–Crippen MR) is 99.8 cm³/mol. The van der Waals surface area contributed by atoms with Gasteiger partial charge in [0.05, 0.1) is 26.4 Å². The van der Waals surface area contributed by atoms with Crippen molar-refractivity contribution in [1.82, 2.24) is 10.2 Å². The molecule has 0 saturated carbocycles. The van der Waals surface area contributed by atoms with E-state index in [1.54, 1.807) is 19.2 Å². The average molecular weight is 363 g/mol. The molecule has 0 bridgehead atoms. The Morgan fingerprint density at radius 2 is 2.19 bits per heavy atom. The molecule has 7 nitrogen and oxygen atoms in total. The summed E-state index contributed by atoms with van der Waals surface area (Å²) in [5.74, 6) is 1.47. The van der Waals surface area contributed by atoms with Crippen molar-refractivity contribution in [1.29, 1.82) is 0 Å². The fourth-order valence-corrected chi connectivity index (χ4v) is 3.41. The first-order valence-electron chi connectivity index (χ1n) is 9.33. The number of hydrogen-bond donors (Lipinski definition) is 2. The van der Waals surface area contributed by atoms with Gasteiger partial charge in [0.25, 0.3) is 0 Å². The van der Waals surface area contributed by atoms with Crippen LogP contribution >= 0.6 is 0 Å². The van der Waals surface area contributed by atoms with E-state index in [9.17, 15) is 5.11 Å².